The van der Waals surface area contributed by atoms with Gasteiger partial charge in [0.1, 0.15) is 0 Å². The number of anilines is 1. The van der Waals surface area contributed by atoms with E-state index in [9.17, 15) is 9.90 Å². The van der Waals surface area contributed by atoms with Crippen molar-refractivity contribution in [2.45, 2.75) is 31.7 Å². The molecule has 0 radical (unpaired) electrons. The summed E-state index contributed by atoms with van der Waals surface area (Å²) in [6, 6.07) is 8.46. The van der Waals surface area contributed by atoms with Crippen LogP contribution >= 0.6 is 0 Å². The number of carbonyl (C=O) groups is 1. The topological polar surface area (TPSA) is 55.8 Å². The monoisotopic (exact) mass is 305 g/mol. The van der Waals surface area contributed by atoms with E-state index in [1.807, 2.05) is 14.1 Å². The third-order valence-electron chi connectivity index (χ3n) is 4.22. The minimum absolute atomic E-state index is 0.00132. The second-order valence-corrected chi connectivity index (χ2v) is 6.07. The highest BCUT2D eigenvalue weighted by Crippen LogP contribution is 2.16. The van der Waals surface area contributed by atoms with Crippen LogP contribution in [0, 0.1) is 0 Å². The van der Waals surface area contributed by atoms with Crippen molar-refractivity contribution < 1.29 is 9.90 Å². The normalized spacial score (nSPS) is 17.6. The zero-order valence-electron chi connectivity index (χ0n) is 13.6. The minimum Gasteiger partial charge on any atom is -0.394 e. The lowest BCUT2D eigenvalue weighted by Gasteiger charge is -2.23. The fourth-order valence-electron chi connectivity index (χ4n) is 2.84. The van der Waals surface area contributed by atoms with Crippen LogP contribution in [-0.4, -0.2) is 55.9 Å². The van der Waals surface area contributed by atoms with Gasteiger partial charge in [0, 0.05) is 32.9 Å². The first-order valence-electron chi connectivity index (χ1n) is 8.03. The SMILES string of the molecule is CN(C)c1ccc(CCCNC(=O)N2CCCC2CO)cc1. The van der Waals surface area contributed by atoms with Crippen LogP contribution in [0.4, 0.5) is 10.5 Å². The van der Waals surface area contributed by atoms with Crippen molar-refractivity contribution in [3.8, 4) is 0 Å². The van der Waals surface area contributed by atoms with Crippen LogP contribution in [0.2, 0.25) is 0 Å². The van der Waals surface area contributed by atoms with Crippen LogP contribution < -0.4 is 10.2 Å². The lowest BCUT2D eigenvalue weighted by molar-refractivity contribution is 0.157. The number of aliphatic hydroxyl groups excluding tert-OH is 1. The van der Waals surface area contributed by atoms with E-state index >= 15 is 0 Å². The van der Waals surface area contributed by atoms with Gasteiger partial charge in [0.2, 0.25) is 0 Å². The van der Waals surface area contributed by atoms with Gasteiger partial charge in [-0.3, -0.25) is 0 Å². The molecule has 1 atom stereocenters. The Morgan fingerprint density at radius 3 is 2.73 bits per heavy atom. The highest BCUT2D eigenvalue weighted by Gasteiger charge is 2.27. The van der Waals surface area contributed by atoms with Crippen LogP contribution in [-0.2, 0) is 6.42 Å². The molecule has 1 aliphatic heterocycles. The van der Waals surface area contributed by atoms with Gasteiger partial charge in [-0.05, 0) is 43.4 Å². The molecule has 2 amide bonds. The molecule has 0 aromatic heterocycles. The van der Waals surface area contributed by atoms with Gasteiger partial charge in [-0.25, -0.2) is 4.79 Å². The molecular formula is C17H27N3O2. The van der Waals surface area contributed by atoms with E-state index in [2.05, 4.69) is 34.5 Å². The van der Waals surface area contributed by atoms with Crippen molar-refractivity contribution in [1.29, 1.82) is 0 Å². The van der Waals surface area contributed by atoms with Gasteiger partial charge in [0.05, 0.1) is 12.6 Å². The van der Waals surface area contributed by atoms with Gasteiger partial charge < -0.3 is 20.2 Å². The molecule has 1 aromatic rings. The number of amides is 2. The number of hydrogen-bond acceptors (Lipinski definition) is 3. The average molecular weight is 305 g/mol. The number of hydrogen-bond donors (Lipinski definition) is 2. The molecule has 0 bridgehead atoms. The maximum atomic E-state index is 12.0. The molecule has 0 saturated carbocycles. The summed E-state index contributed by atoms with van der Waals surface area (Å²) >= 11 is 0. The van der Waals surface area contributed by atoms with Crippen molar-refractivity contribution in [1.82, 2.24) is 10.2 Å². The standard InChI is InChI=1S/C17H27N3O2/c1-19(2)15-9-7-14(8-10-15)5-3-11-18-17(22)20-12-4-6-16(20)13-21/h7-10,16,21H,3-6,11-13H2,1-2H3,(H,18,22). The highest BCUT2D eigenvalue weighted by atomic mass is 16.3. The molecule has 2 rings (SSSR count). The molecule has 0 aliphatic carbocycles. The number of rotatable bonds is 6. The van der Waals surface area contributed by atoms with E-state index in [1.165, 1.54) is 11.3 Å². The summed E-state index contributed by atoms with van der Waals surface area (Å²) in [7, 11) is 4.06. The van der Waals surface area contributed by atoms with Crippen LogP contribution in [0.3, 0.4) is 0 Å². The number of nitrogens with one attached hydrogen (secondary N) is 1. The summed E-state index contributed by atoms with van der Waals surface area (Å²) in [5.74, 6) is 0. The van der Waals surface area contributed by atoms with Crippen LogP contribution in [0.1, 0.15) is 24.8 Å². The number of benzene rings is 1. The number of aliphatic hydroxyl groups is 1. The largest absolute Gasteiger partial charge is 0.394 e. The third-order valence-corrected chi connectivity index (χ3v) is 4.22. The van der Waals surface area contributed by atoms with Gasteiger partial charge in [0.15, 0.2) is 0 Å². The number of aryl methyl sites for hydroxylation is 1. The molecule has 122 valence electrons. The number of nitrogens with zero attached hydrogens (tertiary/aromatic N) is 2. The van der Waals surface area contributed by atoms with Crippen molar-refractivity contribution in [3.63, 3.8) is 0 Å². The Morgan fingerprint density at radius 1 is 1.36 bits per heavy atom. The molecule has 0 spiro atoms. The summed E-state index contributed by atoms with van der Waals surface area (Å²) in [6.07, 6.45) is 3.76. The molecular weight excluding hydrogens is 278 g/mol. The smallest absolute Gasteiger partial charge is 0.317 e. The molecule has 2 N–H and O–H groups in total. The Bertz CT molecular complexity index is 473. The lowest BCUT2D eigenvalue weighted by atomic mass is 10.1. The third kappa shape index (κ3) is 4.37. The maximum absolute atomic E-state index is 12.0. The molecule has 1 aliphatic rings. The van der Waals surface area contributed by atoms with E-state index in [1.54, 1.807) is 4.90 Å². The Kier molecular flexibility index (Phi) is 6.07. The second kappa shape index (κ2) is 8.03. The van der Waals surface area contributed by atoms with Crippen molar-refractivity contribution >= 4 is 11.7 Å². The quantitative estimate of drug-likeness (QED) is 0.789. The van der Waals surface area contributed by atoms with Crippen molar-refractivity contribution in [2.75, 3.05) is 38.7 Å². The number of likely N-dealkylation sites (tertiary alicyclic amines) is 1. The molecule has 1 aromatic carbocycles. The molecule has 22 heavy (non-hydrogen) atoms. The van der Waals surface area contributed by atoms with E-state index in [0.717, 1.165) is 32.2 Å². The fraction of sp³-hybridized carbons (Fsp3) is 0.588. The Hall–Kier alpha value is -1.75. The first-order valence-corrected chi connectivity index (χ1v) is 8.03. The first-order chi connectivity index (χ1) is 10.6. The van der Waals surface area contributed by atoms with Crippen molar-refractivity contribution in [3.05, 3.63) is 29.8 Å². The van der Waals surface area contributed by atoms with E-state index in [-0.39, 0.29) is 18.7 Å². The maximum Gasteiger partial charge on any atom is 0.317 e. The predicted molar refractivity (Wildman–Crippen MR) is 89.3 cm³/mol. The molecule has 1 unspecified atom stereocenters. The van der Waals surface area contributed by atoms with Crippen LogP contribution in [0.5, 0.6) is 0 Å². The zero-order chi connectivity index (χ0) is 15.9. The first kappa shape index (κ1) is 16.6. The number of urea groups is 1. The molecule has 1 heterocycles. The molecule has 1 fully saturated rings. The van der Waals surface area contributed by atoms with E-state index in [4.69, 9.17) is 0 Å². The zero-order valence-corrected chi connectivity index (χ0v) is 13.6. The van der Waals surface area contributed by atoms with Crippen LogP contribution in [0.15, 0.2) is 24.3 Å². The van der Waals surface area contributed by atoms with E-state index < -0.39 is 0 Å². The summed E-state index contributed by atoms with van der Waals surface area (Å²) in [5, 5.41) is 12.2. The highest BCUT2D eigenvalue weighted by molar-refractivity contribution is 5.74. The lowest BCUT2D eigenvalue weighted by Crippen LogP contribution is -2.44. The van der Waals surface area contributed by atoms with Gasteiger partial charge in [-0.15, -0.1) is 0 Å². The predicted octanol–water partition coefficient (Wildman–Crippen LogP) is 1.85. The summed E-state index contributed by atoms with van der Waals surface area (Å²) < 4.78 is 0. The Morgan fingerprint density at radius 2 is 2.09 bits per heavy atom. The van der Waals surface area contributed by atoms with Gasteiger partial charge in [-0.1, -0.05) is 12.1 Å². The Labute approximate surface area is 132 Å². The summed E-state index contributed by atoms with van der Waals surface area (Å²) in [5.41, 5.74) is 2.48. The molecule has 1 saturated heterocycles. The fourth-order valence-corrected chi connectivity index (χ4v) is 2.84. The van der Waals surface area contributed by atoms with Gasteiger partial charge >= 0.3 is 6.03 Å². The average Bonchev–Trinajstić information content (AvgIpc) is 3.00. The Balaban J connectivity index is 1.69. The van der Waals surface area contributed by atoms with Gasteiger partial charge in [0.25, 0.3) is 0 Å². The van der Waals surface area contributed by atoms with Crippen molar-refractivity contribution in [2.24, 2.45) is 0 Å². The van der Waals surface area contributed by atoms with Gasteiger partial charge in [-0.2, -0.15) is 0 Å². The number of carbonyl (C=O) groups excluding carboxylic acids is 1. The van der Waals surface area contributed by atoms with Crippen LogP contribution in [0.25, 0.3) is 0 Å². The summed E-state index contributed by atoms with van der Waals surface area (Å²) in [6.45, 7) is 1.48. The minimum atomic E-state index is -0.0421. The molecule has 5 heteroatoms. The van der Waals surface area contributed by atoms with E-state index in [0.29, 0.717) is 6.54 Å². The summed E-state index contributed by atoms with van der Waals surface area (Å²) in [4.78, 5) is 15.9. The second-order valence-electron chi connectivity index (χ2n) is 6.07. The molecule has 5 nitrogen and oxygen atoms in total.